The number of aliphatic hydroxyl groups is 1. The molecule has 0 spiro atoms. The third kappa shape index (κ3) is 3.35. The highest BCUT2D eigenvalue weighted by Gasteiger charge is 2.28. The highest BCUT2D eigenvalue weighted by Crippen LogP contribution is 2.35. The zero-order chi connectivity index (χ0) is 13.1. The van der Waals surface area contributed by atoms with Gasteiger partial charge in [0.2, 0.25) is 0 Å². The molecule has 0 radical (unpaired) electrons. The zero-order valence-corrected chi connectivity index (χ0v) is 11.8. The number of rotatable bonds is 4. The molecule has 1 fully saturated rings. The van der Waals surface area contributed by atoms with Crippen molar-refractivity contribution >= 4 is 0 Å². The van der Waals surface area contributed by atoms with E-state index in [0.29, 0.717) is 12.3 Å². The van der Waals surface area contributed by atoms with E-state index in [9.17, 15) is 5.11 Å². The molecule has 18 heavy (non-hydrogen) atoms. The summed E-state index contributed by atoms with van der Waals surface area (Å²) in [5.41, 5.74) is 1.01. The Morgan fingerprint density at radius 1 is 1.28 bits per heavy atom. The van der Waals surface area contributed by atoms with Crippen molar-refractivity contribution in [2.75, 3.05) is 0 Å². The third-order valence-corrected chi connectivity index (χ3v) is 4.49. The average molecular weight is 250 g/mol. The van der Waals surface area contributed by atoms with Crippen molar-refractivity contribution in [1.82, 2.24) is 9.78 Å². The van der Waals surface area contributed by atoms with Crippen LogP contribution in [-0.2, 0) is 13.5 Å². The van der Waals surface area contributed by atoms with Gasteiger partial charge in [0, 0.05) is 19.7 Å². The monoisotopic (exact) mass is 250 g/mol. The van der Waals surface area contributed by atoms with Crippen LogP contribution < -0.4 is 0 Å². The summed E-state index contributed by atoms with van der Waals surface area (Å²) in [6.07, 6.45) is 7.35. The van der Waals surface area contributed by atoms with Gasteiger partial charge in [0.15, 0.2) is 0 Å². The molecule has 0 bridgehead atoms. The molecule has 2 rings (SSSR count). The number of aromatic nitrogens is 2. The maximum absolute atomic E-state index is 10.3. The maximum atomic E-state index is 10.3. The first kappa shape index (κ1) is 13.6. The van der Waals surface area contributed by atoms with Crippen molar-refractivity contribution in [3.63, 3.8) is 0 Å². The molecule has 0 saturated heterocycles. The van der Waals surface area contributed by atoms with Crippen molar-refractivity contribution in [2.24, 2.45) is 24.8 Å². The molecule has 3 heteroatoms. The number of aliphatic hydroxyl groups excluding tert-OH is 1. The Morgan fingerprint density at radius 3 is 2.39 bits per heavy atom. The molecule has 3 nitrogen and oxygen atoms in total. The van der Waals surface area contributed by atoms with Crippen molar-refractivity contribution in [3.8, 4) is 0 Å². The largest absolute Gasteiger partial charge is 0.392 e. The second-order valence-corrected chi connectivity index (χ2v) is 6.17. The summed E-state index contributed by atoms with van der Waals surface area (Å²) in [7, 11) is 1.92. The fourth-order valence-corrected chi connectivity index (χ4v) is 3.15. The topological polar surface area (TPSA) is 38.0 Å². The second-order valence-electron chi connectivity index (χ2n) is 6.17. The molecular formula is C15H26N2O. The van der Waals surface area contributed by atoms with Gasteiger partial charge in [-0.05, 0) is 49.5 Å². The van der Waals surface area contributed by atoms with E-state index in [1.807, 2.05) is 19.3 Å². The standard InChI is InChI=1S/C15H26N2O/c1-11(2)12-4-6-13(7-5-12)15(18)10-14-8-9-17(3)16-14/h8-9,11-13,15,18H,4-7,10H2,1-3H3. The van der Waals surface area contributed by atoms with Gasteiger partial charge < -0.3 is 5.11 Å². The SMILES string of the molecule is CC(C)C1CCC(C(O)Cc2ccn(C)n2)CC1. The molecule has 0 aliphatic heterocycles. The first-order valence-corrected chi connectivity index (χ1v) is 7.23. The number of hydrogen-bond donors (Lipinski definition) is 1. The Bertz CT molecular complexity index is 364. The molecule has 1 aromatic heterocycles. The summed E-state index contributed by atoms with van der Waals surface area (Å²) >= 11 is 0. The molecule has 1 aromatic rings. The Hall–Kier alpha value is -0.830. The quantitative estimate of drug-likeness (QED) is 0.892. The molecule has 102 valence electrons. The lowest BCUT2D eigenvalue weighted by atomic mass is 9.74. The van der Waals surface area contributed by atoms with E-state index in [4.69, 9.17) is 0 Å². The van der Waals surface area contributed by atoms with Crippen LogP contribution in [0.15, 0.2) is 12.3 Å². The van der Waals surface area contributed by atoms with Gasteiger partial charge >= 0.3 is 0 Å². The van der Waals surface area contributed by atoms with Crippen LogP contribution in [0.2, 0.25) is 0 Å². The molecule has 0 aromatic carbocycles. The number of aryl methyl sites for hydroxylation is 1. The Balaban J connectivity index is 1.82. The highest BCUT2D eigenvalue weighted by molar-refractivity contribution is 5.01. The van der Waals surface area contributed by atoms with Gasteiger partial charge in [0.1, 0.15) is 0 Å². The summed E-state index contributed by atoms with van der Waals surface area (Å²) in [6, 6.07) is 2.00. The van der Waals surface area contributed by atoms with Crippen LogP contribution in [0.5, 0.6) is 0 Å². The summed E-state index contributed by atoms with van der Waals surface area (Å²) in [6.45, 7) is 4.63. The lowest BCUT2D eigenvalue weighted by Crippen LogP contribution is -2.29. The molecule has 1 heterocycles. The van der Waals surface area contributed by atoms with Crippen LogP contribution in [0.25, 0.3) is 0 Å². The van der Waals surface area contributed by atoms with Gasteiger partial charge in [-0.3, -0.25) is 4.68 Å². The number of nitrogens with zero attached hydrogens (tertiary/aromatic N) is 2. The first-order chi connectivity index (χ1) is 8.56. The van der Waals surface area contributed by atoms with Crippen LogP contribution >= 0.6 is 0 Å². The molecule has 1 aliphatic carbocycles. The smallest absolute Gasteiger partial charge is 0.0650 e. The number of hydrogen-bond acceptors (Lipinski definition) is 2. The molecule has 1 aliphatic rings. The van der Waals surface area contributed by atoms with Gasteiger partial charge in [-0.25, -0.2) is 0 Å². The van der Waals surface area contributed by atoms with Crippen LogP contribution in [-0.4, -0.2) is 21.0 Å². The fourth-order valence-electron chi connectivity index (χ4n) is 3.15. The fraction of sp³-hybridized carbons (Fsp3) is 0.800. The van der Waals surface area contributed by atoms with E-state index in [1.165, 1.54) is 25.7 Å². The minimum Gasteiger partial charge on any atom is -0.392 e. The summed E-state index contributed by atoms with van der Waals surface area (Å²) in [5, 5.41) is 14.7. The van der Waals surface area contributed by atoms with Crippen molar-refractivity contribution < 1.29 is 5.11 Å². The van der Waals surface area contributed by atoms with Gasteiger partial charge in [-0.15, -0.1) is 0 Å². The van der Waals surface area contributed by atoms with Crippen molar-refractivity contribution in [2.45, 2.75) is 52.1 Å². The molecular weight excluding hydrogens is 224 g/mol. The second kappa shape index (κ2) is 5.87. The minimum atomic E-state index is -0.215. The van der Waals surface area contributed by atoms with E-state index >= 15 is 0 Å². The van der Waals surface area contributed by atoms with Gasteiger partial charge in [-0.2, -0.15) is 5.10 Å². The van der Waals surface area contributed by atoms with Crippen LogP contribution in [0.4, 0.5) is 0 Å². The Morgan fingerprint density at radius 2 is 1.89 bits per heavy atom. The predicted molar refractivity (Wildman–Crippen MR) is 73.2 cm³/mol. The van der Waals surface area contributed by atoms with E-state index < -0.39 is 0 Å². The molecule has 1 unspecified atom stereocenters. The van der Waals surface area contributed by atoms with Crippen molar-refractivity contribution in [3.05, 3.63) is 18.0 Å². The Labute approximate surface area is 110 Å². The average Bonchev–Trinajstić information content (AvgIpc) is 2.75. The summed E-state index contributed by atoms with van der Waals surface area (Å²) in [4.78, 5) is 0. The minimum absolute atomic E-state index is 0.215. The van der Waals surface area contributed by atoms with E-state index in [-0.39, 0.29) is 6.10 Å². The molecule has 1 N–H and O–H groups in total. The molecule has 0 amide bonds. The first-order valence-electron chi connectivity index (χ1n) is 7.23. The van der Waals surface area contributed by atoms with E-state index in [1.54, 1.807) is 4.68 Å². The highest BCUT2D eigenvalue weighted by atomic mass is 16.3. The van der Waals surface area contributed by atoms with Crippen LogP contribution in [0.3, 0.4) is 0 Å². The zero-order valence-electron chi connectivity index (χ0n) is 11.8. The van der Waals surface area contributed by atoms with Gasteiger partial charge in [0.25, 0.3) is 0 Å². The third-order valence-electron chi connectivity index (χ3n) is 4.49. The van der Waals surface area contributed by atoms with Crippen LogP contribution in [0.1, 0.15) is 45.2 Å². The molecule has 1 atom stereocenters. The van der Waals surface area contributed by atoms with Crippen molar-refractivity contribution in [1.29, 1.82) is 0 Å². The maximum Gasteiger partial charge on any atom is 0.0650 e. The predicted octanol–water partition coefficient (Wildman–Crippen LogP) is 2.79. The normalized spacial score (nSPS) is 26.5. The lowest BCUT2D eigenvalue weighted by Gasteiger charge is -2.33. The van der Waals surface area contributed by atoms with Gasteiger partial charge in [-0.1, -0.05) is 13.8 Å². The summed E-state index contributed by atoms with van der Waals surface area (Å²) in [5.74, 6) is 2.13. The van der Waals surface area contributed by atoms with E-state index in [0.717, 1.165) is 17.5 Å². The summed E-state index contributed by atoms with van der Waals surface area (Å²) < 4.78 is 1.80. The van der Waals surface area contributed by atoms with Crippen LogP contribution in [0, 0.1) is 17.8 Å². The molecule has 1 saturated carbocycles. The van der Waals surface area contributed by atoms with E-state index in [2.05, 4.69) is 18.9 Å². The lowest BCUT2D eigenvalue weighted by molar-refractivity contribution is 0.0667. The Kier molecular flexibility index (Phi) is 4.44. The van der Waals surface area contributed by atoms with Gasteiger partial charge in [0.05, 0.1) is 11.8 Å².